The van der Waals surface area contributed by atoms with Crippen LogP contribution < -0.4 is 10.4 Å². The number of hydrogen-bond acceptors (Lipinski definition) is 0. The second kappa shape index (κ2) is 5.50. The van der Waals surface area contributed by atoms with Crippen molar-refractivity contribution in [3.05, 3.63) is 79.4 Å². The van der Waals surface area contributed by atoms with E-state index in [2.05, 4.69) is 97.0 Å². The predicted octanol–water partition coefficient (Wildman–Crippen LogP) is 4.72. The molecule has 24 heavy (non-hydrogen) atoms. The van der Waals surface area contributed by atoms with Gasteiger partial charge in [-0.1, -0.05) is 90.7 Å². The summed E-state index contributed by atoms with van der Waals surface area (Å²) >= 11 is 0. The monoisotopic (exact) mass is 327 g/mol. The highest BCUT2D eigenvalue weighted by Crippen LogP contribution is 2.28. The van der Waals surface area contributed by atoms with Crippen molar-refractivity contribution < 1.29 is 0 Å². The van der Waals surface area contributed by atoms with Crippen LogP contribution in [0.15, 0.2) is 79.4 Å². The normalized spacial score (nSPS) is 11.9. The quantitative estimate of drug-likeness (QED) is 0.480. The van der Waals surface area contributed by atoms with Gasteiger partial charge in [-0.15, -0.1) is 0 Å². The Hall–Kier alpha value is -2.58. The number of nitrogens with zero attached hydrogens (tertiary/aromatic N) is 1. The molecular weight excluding hydrogens is 306 g/mol. The molecule has 0 N–H and O–H groups in total. The highest BCUT2D eigenvalue weighted by molar-refractivity contribution is 7.00. The smallest absolute Gasteiger partial charge is 0.112 e. The minimum atomic E-state index is -1.70. The van der Waals surface area contributed by atoms with Crippen LogP contribution in [0.2, 0.25) is 13.1 Å². The van der Waals surface area contributed by atoms with E-state index in [0.29, 0.717) is 0 Å². The Morgan fingerprint density at radius 3 is 2.17 bits per heavy atom. The van der Waals surface area contributed by atoms with Gasteiger partial charge in [-0.2, -0.15) is 0 Å². The van der Waals surface area contributed by atoms with Crippen molar-refractivity contribution in [3.8, 4) is 0 Å². The molecule has 0 saturated carbocycles. The van der Waals surface area contributed by atoms with E-state index >= 15 is 0 Å². The van der Waals surface area contributed by atoms with Crippen LogP contribution in [-0.2, 0) is 0 Å². The maximum atomic E-state index is 3.99. The lowest BCUT2D eigenvalue weighted by Crippen LogP contribution is -2.52. The fourth-order valence-corrected chi connectivity index (χ4v) is 5.97. The van der Waals surface area contributed by atoms with E-state index in [9.17, 15) is 0 Å². The molecule has 3 aromatic carbocycles. The molecule has 118 valence electrons. The Bertz CT molecular complexity index is 1040. The standard InChI is InChI=1S/C22H21NSi/c1-4-23-21-13-9-8-12-19(21)20-16-18(14-15-22(20)23)24(2,3)17-10-6-5-7-11-17/h4-16H,1H2,2-3H3. The summed E-state index contributed by atoms with van der Waals surface area (Å²) < 4.78 is 2.19. The highest BCUT2D eigenvalue weighted by atomic mass is 28.3. The zero-order valence-corrected chi connectivity index (χ0v) is 15.2. The van der Waals surface area contributed by atoms with E-state index < -0.39 is 8.07 Å². The first-order valence-electron chi connectivity index (χ1n) is 8.34. The van der Waals surface area contributed by atoms with Gasteiger partial charge < -0.3 is 4.57 Å². The highest BCUT2D eigenvalue weighted by Gasteiger charge is 2.26. The Labute approximate surface area is 143 Å². The van der Waals surface area contributed by atoms with Gasteiger partial charge in [-0.3, -0.25) is 0 Å². The first-order chi connectivity index (χ1) is 11.6. The van der Waals surface area contributed by atoms with Crippen molar-refractivity contribution in [1.29, 1.82) is 0 Å². The number of benzene rings is 3. The Morgan fingerprint density at radius 2 is 1.42 bits per heavy atom. The van der Waals surface area contributed by atoms with E-state index in [1.807, 2.05) is 6.20 Å². The van der Waals surface area contributed by atoms with Gasteiger partial charge in [0.1, 0.15) is 8.07 Å². The van der Waals surface area contributed by atoms with Crippen LogP contribution in [0, 0.1) is 0 Å². The van der Waals surface area contributed by atoms with Crippen LogP contribution in [-0.4, -0.2) is 12.6 Å². The molecule has 0 spiro atoms. The van der Waals surface area contributed by atoms with Crippen LogP contribution in [0.1, 0.15) is 0 Å². The van der Waals surface area contributed by atoms with Crippen molar-refractivity contribution in [2.75, 3.05) is 0 Å². The lowest BCUT2D eigenvalue weighted by Gasteiger charge is -2.23. The summed E-state index contributed by atoms with van der Waals surface area (Å²) in [6.07, 6.45) is 1.91. The van der Waals surface area contributed by atoms with Crippen LogP contribution in [0.4, 0.5) is 0 Å². The molecule has 4 rings (SSSR count). The van der Waals surface area contributed by atoms with E-state index in [1.165, 1.54) is 32.2 Å². The molecule has 0 aliphatic carbocycles. The molecule has 4 aromatic rings. The minimum absolute atomic E-state index is 1.22. The van der Waals surface area contributed by atoms with Crippen LogP contribution in [0.5, 0.6) is 0 Å². The van der Waals surface area contributed by atoms with Crippen molar-refractivity contribution in [2.24, 2.45) is 0 Å². The number of fused-ring (bicyclic) bond motifs is 3. The maximum absolute atomic E-state index is 3.99. The van der Waals surface area contributed by atoms with Gasteiger partial charge in [0.15, 0.2) is 0 Å². The van der Waals surface area contributed by atoms with Crippen molar-refractivity contribution in [3.63, 3.8) is 0 Å². The van der Waals surface area contributed by atoms with Gasteiger partial charge in [0, 0.05) is 17.0 Å². The average molecular weight is 328 g/mol. The van der Waals surface area contributed by atoms with Crippen molar-refractivity contribution >= 4 is 46.5 Å². The van der Waals surface area contributed by atoms with Gasteiger partial charge in [0.25, 0.3) is 0 Å². The summed E-state index contributed by atoms with van der Waals surface area (Å²) in [4.78, 5) is 0. The Balaban J connectivity index is 1.99. The summed E-state index contributed by atoms with van der Waals surface area (Å²) in [5.41, 5.74) is 2.45. The number of aromatic nitrogens is 1. The first-order valence-corrected chi connectivity index (χ1v) is 11.3. The summed E-state index contributed by atoms with van der Waals surface area (Å²) in [6.45, 7) is 8.85. The second-order valence-corrected chi connectivity index (χ2v) is 11.2. The SMILES string of the molecule is C=Cn1c2ccccc2c2cc([Si](C)(C)c3ccccc3)ccc21. The van der Waals surface area contributed by atoms with E-state index in [0.717, 1.165) is 0 Å². The van der Waals surface area contributed by atoms with Crippen LogP contribution in [0.25, 0.3) is 28.0 Å². The molecule has 0 amide bonds. The number of para-hydroxylation sites is 1. The van der Waals surface area contributed by atoms with Gasteiger partial charge in [-0.25, -0.2) is 0 Å². The van der Waals surface area contributed by atoms with Crippen molar-refractivity contribution in [2.45, 2.75) is 13.1 Å². The molecule has 0 unspecified atom stereocenters. The second-order valence-electron chi connectivity index (χ2n) is 6.79. The summed E-state index contributed by atoms with van der Waals surface area (Å²) in [6, 6.07) is 26.4. The number of hydrogen-bond donors (Lipinski definition) is 0. The average Bonchev–Trinajstić information content (AvgIpc) is 2.95. The fourth-order valence-electron chi connectivity index (χ4n) is 3.61. The maximum Gasteiger partial charge on any atom is 0.112 e. The molecule has 0 radical (unpaired) electrons. The summed E-state index contributed by atoms with van der Waals surface area (Å²) in [5, 5.41) is 5.55. The lowest BCUT2D eigenvalue weighted by molar-refractivity contribution is 1.30. The zero-order chi connectivity index (χ0) is 16.7. The zero-order valence-electron chi connectivity index (χ0n) is 14.2. The van der Waals surface area contributed by atoms with E-state index in [1.54, 1.807) is 0 Å². The van der Waals surface area contributed by atoms with Crippen molar-refractivity contribution in [1.82, 2.24) is 4.57 Å². The van der Waals surface area contributed by atoms with Gasteiger partial charge in [0.05, 0.1) is 11.0 Å². The molecule has 1 nitrogen and oxygen atoms in total. The fraction of sp³-hybridized carbons (Fsp3) is 0.0909. The largest absolute Gasteiger partial charge is 0.317 e. The molecule has 0 aliphatic heterocycles. The third-order valence-electron chi connectivity index (χ3n) is 5.11. The molecule has 1 heterocycles. The first kappa shape index (κ1) is 15.0. The molecule has 0 atom stereocenters. The molecule has 2 heteroatoms. The Morgan fingerprint density at radius 1 is 0.750 bits per heavy atom. The summed E-state index contributed by atoms with van der Waals surface area (Å²) in [5.74, 6) is 0. The van der Waals surface area contributed by atoms with Gasteiger partial charge >= 0.3 is 0 Å². The lowest BCUT2D eigenvalue weighted by atomic mass is 10.1. The minimum Gasteiger partial charge on any atom is -0.317 e. The predicted molar refractivity (Wildman–Crippen MR) is 109 cm³/mol. The Kier molecular flexibility index (Phi) is 3.43. The van der Waals surface area contributed by atoms with Gasteiger partial charge in [0.2, 0.25) is 0 Å². The molecule has 1 aromatic heterocycles. The van der Waals surface area contributed by atoms with E-state index in [-0.39, 0.29) is 0 Å². The number of rotatable bonds is 3. The van der Waals surface area contributed by atoms with E-state index in [4.69, 9.17) is 0 Å². The molecule has 0 bridgehead atoms. The molecule has 0 aliphatic rings. The third-order valence-corrected chi connectivity index (χ3v) is 8.64. The van der Waals surface area contributed by atoms with Crippen LogP contribution >= 0.6 is 0 Å². The third kappa shape index (κ3) is 2.14. The van der Waals surface area contributed by atoms with Gasteiger partial charge in [-0.05, 0) is 12.1 Å². The molecule has 0 saturated heterocycles. The molecular formula is C22H21NSi. The molecule has 0 fully saturated rings. The van der Waals surface area contributed by atoms with Crippen LogP contribution in [0.3, 0.4) is 0 Å². The topological polar surface area (TPSA) is 4.93 Å². The summed E-state index contributed by atoms with van der Waals surface area (Å²) in [7, 11) is -1.70.